The second-order valence-corrected chi connectivity index (χ2v) is 6.13. The van der Waals surface area contributed by atoms with Crippen molar-refractivity contribution in [1.29, 1.82) is 0 Å². The number of rotatable bonds is 5. The molecule has 0 saturated heterocycles. The fourth-order valence-corrected chi connectivity index (χ4v) is 3.11. The number of carbonyl (C=O) groups excluding carboxylic acids is 1. The maximum absolute atomic E-state index is 12.4. The predicted octanol–water partition coefficient (Wildman–Crippen LogP) is 3.16. The van der Waals surface area contributed by atoms with Crippen LogP contribution in [0.3, 0.4) is 0 Å². The van der Waals surface area contributed by atoms with Crippen molar-refractivity contribution in [2.45, 2.75) is 13.5 Å². The third kappa shape index (κ3) is 3.09. The molecule has 6 nitrogen and oxygen atoms in total. The number of carbonyl (C=O) groups is 1. The van der Waals surface area contributed by atoms with Crippen LogP contribution in [0.4, 0.5) is 0 Å². The van der Waals surface area contributed by atoms with E-state index in [1.165, 1.54) is 16.6 Å². The molecule has 0 aliphatic rings. The minimum atomic E-state index is -0.172. The van der Waals surface area contributed by atoms with Crippen LogP contribution in [0.15, 0.2) is 60.8 Å². The lowest BCUT2D eigenvalue weighted by molar-refractivity contribution is 0.0947. The minimum Gasteiger partial charge on any atom is -0.349 e. The van der Waals surface area contributed by atoms with Gasteiger partial charge in [-0.25, -0.2) is 0 Å². The third-order valence-electron chi connectivity index (χ3n) is 4.39. The molecule has 4 aromatic rings. The Labute approximate surface area is 150 Å². The summed E-state index contributed by atoms with van der Waals surface area (Å²) in [7, 11) is 0. The van der Waals surface area contributed by atoms with Crippen LogP contribution in [0.25, 0.3) is 22.3 Å². The molecule has 130 valence electrons. The molecule has 0 fully saturated rings. The van der Waals surface area contributed by atoms with Crippen LogP contribution in [0.2, 0.25) is 0 Å². The van der Waals surface area contributed by atoms with Crippen molar-refractivity contribution in [2.75, 3.05) is 6.54 Å². The first-order chi connectivity index (χ1) is 12.7. The first-order valence-electron chi connectivity index (χ1n) is 8.52. The smallest absolute Gasteiger partial charge is 0.269 e. The summed E-state index contributed by atoms with van der Waals surface area (Å²) in [5.74, 6) is -0.172. The lowest BCUT2D eigenvalue weighted by atomic mass is 10.2. The van der Waals surface area contributed by atoms with Gasteiger partial charge in [0.2, 0.25) is 0 Å². The number of H-pyrrole nitrogens is 1. The van der Waals surface area contributed by atoms with E-state index in [1.54, 1.807) is 12.3 Å². The molecule has 3 aromatic heterocycles. The summed E-state index contributed by atoms with van der Waals surface area (Å²) in [6.45, 7) is 3.33. The number of hydrogen-bond acceptors (Lipinski definition) is 3. The van der Waals surface area contributed by atoms with Crippen molar-refractivity contribution in [3.05, 3.63) is 72.2 Å². The molecule has 0 saturated carbocycles. The monoisotopic (exact) mass is 345 g/mol. The fourth-order valence-electron chi connectivity index (χ4n) is 3.11. The van der Waals surface area contributed by atoms with Crippen LogP contribution >= 0.6 is 0 Å². The molecule has 0 unspecified atom stereocenters. The summed E-state index contributed by atoms with van der Waals surface area (Å²) in [5, 5.41) is 11.1. The number of amides is 1. The number of para-hydroxylation sites is 1. The van der Waals surface area contributed by atoms with Gasteiger partial charge < -0.3 is 9.88 Å². The predicted molar refractivity (Wildman–Crippen MR) is 101 cm³/mol. The van der Waals surface area contributed by atoms with E-state index < -0.39 is 0 Å². The van der Waals surface area contributed by atoms with E-state index in [4.69, 9.17) is 0 Å². The van der Waals surface area contributed by atoms with Crippen LogP contribution in [-0.4, -0.2) is 32.2 Å². The van der Waals surface area contributed by atoms with Crippen molar-refractivity contribution in [1.82, 2.24) is 25.1 Å². The summed E-state index contributed by atoms with van der Waals surface area (Å²) in [4.78, 5) is 16.6. The number of aryl methyl sites for hydroxylation is 1. The van der Waals surface area contributed by atoms with Gasteiger partial charge in [-0.05, 0) is 42.6 Å². The highest BCUT2D eigenvalue weighted by atomic mass is 16.1. The molecule has 0 aliphatic carbocycles. The number of nitrogens with one attached hydrogen (secondary N) is 2. The number of fused-ring (bicyclic) bond motifs is 1. The molecule has 1 amide bonds. The van der Waals surface area contributed by atoms with Crippen molar-refractivity contribution >= 4 is 16.8 Å². The zero-order valence-corrected chi connectivity index (χ0v) is 14.4. The summed E-state index contributed by atoms with van der Waals surface area (Å²) in [6, 6.07) is 17.7. The minimum absolute atomic E-state index is 0.172. The number of pyridine rings is 1. The maximum atomic E-state index is 12.4. The molecular formula is C20H19N5O. The van der Waals surface area contributed by atoms with Gasteiger partial charge >= 0.3 is 0 Å². The van der Waals surface area contributed by atoms with E-state index >= 15 is 0 Å². The fraction of sp³-hybridized carbons (Fsp3) is 0.150. The first-order valence-corrected chi connectivity index (χ1v) is 8.52. The summed E-state index contributed by atoms with van der Waals surface area (Å²) in [5.41, 5.74) is 4.18. The Morgan fingerprint density at radius 3 is 2.81 bits per heavy atom. The number of nitrogens with zero attached hydrogens (tertiary/aromatic N) is 3. The summed E-state index contributed by atoms with van der Waals surface area (Å²) in [6.07, 6.45) is 1.70. The van der Waals surface area contributed by atoms with E-state index in [2.05, 4.69) is 50.2 Å². The van der Waals surface area contributed by atoms with Crippen molar-refractivity contribution in [2.24, 2.45) is 0 Å². The lowest BCUT2D eigenvalue weighted by Crippen LogP contribution is -2.27. The topological polar surface area (TPSA) is 75.6 Å². The molecule has 0 bridgehead atoms. The molecule has 0 atom stereocenters. The molecule has 6 heteroatoms. The molecule has 4 rings (SSSR count). The van der Waals surface area contributed by atoms with Gasteiger partial charge in [0.1, 0.15) is 11.4 Å². The molecule has 0 radical (unpaired) electrons. The second kappa shape index (κ2) is 6.84. The van der Waals surface area contributed by atoms with Gasteiger partial charge in [-0.2, -0.15) is 5.10 Å². The highest BCUT2D eigenvalue weighted by Gasteiger charge is 2.11. The SMILES string of the molecule is Cc1cc2ccccc2n1CCNC(=O)c1cc(-c2ccccn2)n[nH]1. The third-order valence-corrected chi connectivity index (χ3v) is 4.39. The normalized spacial score (nSPS) is 11.0. The van der Waals surface area contributed by atoms with Gasteiger partial charge in [0, 0.05) is 30.5 Å². The van der Waals surface area contributed by atoms with Crippen molar-refractivity contribution in [3.63, 3.8) is 0 Å². The van der Waals surface area contributed by atoms with Crippen LogP contribution in [-0.2, 0) is 6.54 Å². The van der Waals surface area contributed by atoms with Gasteiger partial charge in [-0.15, -0.1) is 0 Å². The average Bonchev–Trinajstić information content (AvgIpc) is 3.28. The van der Waals surface area contributed by atoms with E-state index in [1.807, 2.05) is 30.3 Å². The number of aromatic amines is 1. The van der Waals surface area contributed by atoms with E-state index in [-0.39, 0.29) is 5.91 Å². The Bertz CT molecular complexity index is 1050. The Hall–Kier alpha value is -3.41. The van der Waals surface area contributed by atoms with Crippen LogP contribution in [0.5, 0.6) is 0 Å². The Morgan fingerprint density at radius 1 is 1.12 bits per heavy atom. The Kier molecular flexibility index (Phi) is 4.23. The van der Waals surface area contributed by atoms with Crippen molar-refractivity contribution in [3.8, 4) is 11.4 Å². The van der Waals surface area contributed by atoms with E-state index in [9.17, 15) is 4.79 Å². The average molecular weight is 345 g/mol. The molecule has 3 heterocycles. The van der Waals surface area contributed by atoms with Crippen LogP contribution in [0, 0.1) is 6.92 Å². The Morgan fingerprint density at radius 2 is 1.96 bits per heavy atom. The van der Waals surface area contributed by atoms with E-state index in [0.717, 1.165) is 5.69 Å². The zero-order valence-electron chi connectivity index (χ0n) is 14.4. The van der Waals surface area contributed by atoms with E-state index in [0.29, 0.717) is 24.5 Å². The largest absolute Gasteiger partial charge is 0.349 e. The van der Waals surface area contributed by atoms with Gasteiger partial charge in [-0.3, -0.25) is 14.9 Å². The van der Waals surface area contributed by atoms with Crippen LogP contribution < -0.4 is 5.32 Å². The lowest BCUT2D eigenvalue weighted by Gasteiger charge is -2.09. The summed E-state index contributed by atoms with van der Waals surface area (Å²) >= 11 is 0. The Balaban J connectivity index is 1.41. The highest BCUT2D eigenvalue weighted by Crippen LogP contribution is 2.18. The standard InChI is InChI=1S/C20H19N5O/c1-14-12-15-6-2-3-8-19(15)25(14)11-10-22-20(26)18-13-17(23-24-18)16-7-4-5-9-21-16/h2-9,12-13H,10-11H2,1H3,(H,22,26)(H,23,24). The number of hydrogen-bond donors (Lipinski definition) is 2. The molecule has 26 heavy (non-hydrogen) atoms. The molecule has 0 spiro atoms. The van der Waals surface area contributed by atoms with Crippen molar-refractivity contribution < 1.29 is 4.79 Å². The van der Waals surface area contributed by atoms with Gasteiger partial charge in [0.15, 0.2) is 0 Å². The van der Waals surface area contributed by atoms with Gasteiger partial charge in [0.05, 0.1) is 5.69 Å². The summed E-state index contributed by atoms with van der Waals surface area (Å²) < 4.78 is 2.21. The molecule has 2 N–H and O–H groups in total. The zero-order chi connectivity index (χ0) is 17.9. The highest BCUT2D eigenvalue weighted by molar-refractivity contribution is 5.93. The molecule has 1 aromatic carbocycles. The number of benzene rings is 1. The maximum Gasteiger partial charge on any atom is 0.269 e. The first kappa shape index (κ1) is 16.1. The van der Waals surface area contributed by atoms with Gasteiger partial charge in [0.25, 0.3) is 5.91 Å². The van der Waals surface area contributed by atoms with Crippen LogP contribution in [0.1, 0.15) is 16.2 Å². The van der Waals surface area contributed by atoms with Gasteiger partial charge in [-0.1, -0.05) is 24.3 Å². The molecular weight excluding hydrogens is 326 g/mol. The molecule has 0 aliphatic heterocycles. The second-order valence-electron chi connectivity index (χ2n) is 6.13. The quantitative estimate of drug-likeness (QED) is 0.583. The number of aromatic nitrogens is 4.